The molecule has 0 saturated heterocycles. The van der Waals surface area contributed by atoms with Crippen molar-refractivity contribution in [2.75, 3.05) is 30.4 Å². The van der Waals surface area contributed by atoms with Crippen LogP contribution in [0.25, 0.3) is 0 Å². The number of anilines is 2. The lowest BCUT2D eigenvalue weighted by molar-refractivity contribution is 0.102. The second-order valence-corrected chi connectivity index (χ2v) is 8.33. The SMILES string of the molecule is COCCOc1ncccc1NC(=O)c1cccc(S(=O)(=O)Nc2ccc(C)cc2)c1. The van der Waals surface area contributed by atoms with Crippen LogP contribution < -0.4 is 14.8 Å². The van der Waals surface area contributed by atoms with Crippen LogP contribution in [0.1, 0.15) is 15.9 Å². The Kier molecular flexibility index (Phi) is 7.22. The predicted octanol–water partition coefficient (Wildman–Crippen LogP) is 3.47. The van der Waals surface area contributed by atoms with Crippen molar-refractivity contribution in [1.29, 1.82) is 0 Å². The van der Waals surface area contributed by atoms with Gasteiger partial charge in [-0.1, -0.05) is 23.8 Å². The van der Waals surface area contributed by atoms with Crippen LogP contribution in [0.5, 0.6) is 5.88 Å². The van der Waals surface area contributed by atoms with Gasteiger partial charge in [-0.05, 0) is 49.4 Å². The molecule has 0 atom stereocenters. The molecule has 0 unspecified atom stereocenters. The third-order valence-electron chi connectivity index (χ3n) is 4.26. The molecule has 0 aliphatic rings. The lowest BCUT2D eigenvalue weighted by atomic mass is 10.2. The summed E-state index contributed by atoms with van der Waals surface area (Å²) >= 11 is 0. The minimum atomic E-state index is -3.86. The number of nitrogens with zero attached hydrogens (tertiary/aromatic N) is 1. The van der Waals surface area contributed by atoms with Crippen LogP contribution in [-0.2, 0) is 14.8 Å². The number of sulfonamides is 1. The molecule has 3 rings (SSSR count). The summed E-state index contributed by atoms with van der Waals surface area (Å²) < 4.78 is 38.4. The maximum atomic E-state index is 12.7. The van der Waals surface area contributed by atoms with E-state index >= 15 is 0 Å². The summed E-state index contributed by atoms with van der Waals surface area (Å²) in [4.78, 5) is 16.8. The zero-order valence-corrected chi connectivity index (χ0v) is 18.0. The molecule has 0 aliphatic heterocycles. The average Bonchev–Trinajstić information content (AvgIpc) is 2.76. The molecule has 1 aromatic heterocycles. The van der Waals surface area contributed by atoms with Crippen LogP contribution in [0.15, 0.2) is 71.8 Å². The first kappa shape index (κ1) is 22.3. The average molecular weight is 442 g/mol. The molecule has 3 aromatic rings. The Morgan fingerprint density at radius 3 is 2.55 bits per heavy atom. The molecule has 31 heavy (non-hydrogen) atoms. The molecule has 2 N–H and O–H groups in total. The Morgan fingerprint density at radius 2 is 1.81 bits per heavy atom. The number of ether oxygens (including phenoxy) is 2. The number of aryl methyl sites for hydroxylation is 1. The maximum absolute atomic E-state index is 12.7. The predicted molar refractivity (Wildman–Crippen MR) is 118 cm³/mol. The summed E-state index contributed by atoms with van der Waals surface area (Å²) in [7, 11) is -2.30. The smallest absolute Gasteiger partial charge is 0.261 e. The van der Waals surface area contributed by atoms with Crippen LogP contribution in [-0.4, -0.2) is 39.6 Å². The Bertz CT molecular complexity index is 1150. The molecular formula is C22H23N3O5S. The highest BCUT2D eigenvalue weighted by molar-refractivity contribution is 7.92. The minimum absolute atomic E-state index is 0.0246. The molecular weight excluding hydrogens is 418 g/mol. The molecule has 9 heteroatoms. The highest BCUT2D eigenvalue weighted by Gasteiger charge is 2.17. The van der Waals surface area contributed by atoms with E-state index in [1.165, 1.54) is 24.3 Å². The van der Waals surface area contributed by atoms with E-state index in [1.54, 1.807) is 37.6 Å². The summed E-state index contributed by atoms with van der Waals surface area (Å²) in [5.74, 6) is -0.241. The topological polar surface area (TPSA) is 107 Å². The highest BCUT2D eigenvalue weighted by Crippen LogP contribution is 2.22. The molecule has 0 aliphatic carbocycles. The van der Waals surface area contributed by atoms with Crippen molar-refractivity contribution in [3.8, 4) is 5.88 Å². The molecule has 162 valence electrons. The van der Waals surface area contributed by atoms with Crippen LogP contribution in [0.4, 0.5) is 11.4 Å². The fourth-order valence-electron chi connectivity index (χ4n) is 2.66. The Hall–Kier alpha value is -3.43. The van der Waals surface area contributed by atoms with Crippen molar-refractivity contribution in [1.82, 2.24) is 4.98 Å². The normalized spacial score (nSPS) is 11.0. The summed E-state index contributed by atoms with van der Waals surface area (Å²) in [6.07, 6.45) is 1.54. The quantitative estimate of drug-likeness (QED) is 0.493. The monoisotopic (exact) mass is 441 g/mol. The first-order valence-corrected chi connectivity index (χ1v) is 10.9. The van der Waals surface area contributed by atoms with Gasteiger partial charge in [-0.2, -0.15) is 0 Å². The van der Waals surface area contributed by atoms with Gasteiger partial charge >= 0.3 is 0 Å². The number of hydrogen-bond donors (Lipinski definition) is 2. The molecule has 1 heterocycles. The largest absolute Gasteiger partial charge is 0.474 e. The van der Waals surface area contributed by atoms with Crippen LogP contribution in [0.2, 0.25) is 0 Å². The van der Waals surface area contributed by atoms with Crippen LogP contribution in [0.3, 0.4) is 0 Å². The van der Waals surface area contributed by atoms with E-state index in [9.17, 15) is 13.2 Å². The number of methoxy groups -OCH3 is 1. The standard InChI is InChI=1S/C22H23N3O5S/c1-16-8-10-18(11-9-16)25-31(27,28)19-6-3-5-17(15-19)21(26)24-20-7-4-12-23-22(20)30-14-13-29-2/h3-12,15,25H,13-14H2,1-2H3,(H,24,26). The Balaban J connectivity index is 1.77. The third kappa shape index (κ3) is 6.03. The molecule has 0 fully saturated rings. The molecule has 0 radical (unpaired) electrons. The number of pyridine rings is 1. The Morgan fingerprint density at radius 1 is 1.03 bits per heavy atom. The molecule has 2 aromatic carbocycles. The summed E-state index contributed by atoms with van der Waals surface area (Å²) in [5.41, 5.74) is 2.00. The number of amides is 1. The van der Waals surface area contributed by atoms with Crippen molar-refractivity contribution < 1.29 is 22.7 Å². The van der Waals surface area contributed by atoms with Crippen LogP contribution >= 0.6 is 0 Å². The number of carbonyl (C=O) groups excluding carboxylic acids is 1. The number of benzene rings is 2. The van der Waals surface area contributed by atoms with Gasteiger partial charge in [-0.25, -0.2) is 13.4 Å². The summed E-state index contributed by atoms with van der Waals surface area (Å²) in [6, 6.07) is 16.1. The number of carbonyl (C=O) groups is 1. The fraction of sp³-hybridized carbons (Fsp3) is 0.182. The van der Waals surface area contributed by atoms with E-state index in [1.807, 2.05) is 19.1 Å². The second-order valence-electron chi connectivity index (χ2n) is 6.65. The van der Waals surface area contributed by atoms with E-state index in [0.29, 0.717) is 18.0 Å². The van der Waals surface area contributed by atoms with E-state index in [0.717, 1.165) is 5.56 Å². The zero-order chi connectivity index (χ0) is 22.3. The van der Waals surface area contributed by atoms with Gasteiger partial charge in [0.25, 0.3) is 15.9 Å². The molecule has 0 saturated carbocycles. The Labute approximate surface area is 181 Å². The zero-order valence-electron chi connectivity index (χ0n) is 17.2. The number of hydrogen-bond acceptors (Lipinski definition) is 6. The third-order valence-corrected chi connectivity index (χ3v) is 5.63. The van der Waals surface area contributed by atoms with Crippen molar-refractivity contribution >= 4 is 27.3 Å². The molecule has 8 nitrogen and oxygen atoms in total. The number of rotatable bonds is 9. The van der Waals surface area contributed by atoms with Gasteiger partial charge in [0.05, 0.1) is 11.5 Å². The summed E-state index contributed by atoms with van der Waals surface area (Å²) in [5, 5.41) is 2.71. The van der Waals surface area contributed by atoms with Gasteiger partial charge in [0.15, 0.2) is 0 Å². The molecule has 0 spiro atoms. The van der Waals surface area contributed by atoms with Gasteiger partial charge < -0.3 is 14.8 Å². The second kappa shape index (κ2) is 10.1. The van der Waals surface area contributed by atoms with Crippen molar-refractivity contribution in [3.63, 3.8) is 0 Å². The van der Waals surface area contributed by atoms with E-state index in [4.69, 9.17) is 9.47 Å². The fourth-order valence-corrected chi connectivity index (χ4v) is 3.76. The van der Waals surface area contributed by atoms with Gasteiger partial charge in [-0.3, -0.25) is 9.52 Å². The first-order chi connectivity index (χ1) is 14.9. The number of aromatic nitrogens is 1. The van der Waals surface area contributed by atoms with E-state index < -0.39 is 15.9 Å². The van der Waals surface area contributed by atoms with Gasteiger partial charge in [0, 0.05) is 24.6 Å². The van der Waals surface area contributed by atoms with E-state index in [2.05, 4.69) is 15.0 Å². The molecule has 0 bridgehead atoms. The molecule has 1 amide bonds. The minimum Gasteiger partial charge on any atom is -0.474 e. The lowest BCUT2D eigenvalue weighted by Crippen LogP contribution is -2.17. The maximum Gasteiger partial charge on any atom is 0.261 e. The van der Waals surface area contributed by atoms with E-state index in [-0.39, 0.29) is 22.9 Å². The summed E-state index contributed by atoms with van der Waals surface area (Å²) in [6.45, 7) is 2.56. The van der Waals surface area contributed by atoms with Crippen molar-refractivity contribution in [2.24, 2.45) is 0 Å². The van der Waals surface area contributed by atoms with Gasteiger partial charge in [-0.15, -0.1) is 0 Å². The van der Waals surface area contributed by atoms with Gasteiger partial charge in [0.1, 0.15) is 12.3 Å². The van der Waals surface area contributed by atoms with Crippen molar-refractivity contribution in [2.45, 2.75) is 11.8 Å². The van der Waals surface area contributed by atoms with Crippen LogP contribution in [0, 0.1) is 6.92 Å². The van der Waals surface area contributed by atoms with Crippen molar-refractivity contribution in [3.05, 3.63) is 78.0 Å². The lowest BCUT2D eigenvalue weighted by Gasteiger charge is -2.12. The highest BCUT2D eigenvalue weighted by atomic mass is 32.2. The first-order valence-electron chi connectivity index (χ1n) is 9.47. The number of nitrogens with one attached hydrogen (secondary N) is 2. The van der Waals surface area contributed by atoms with Gasteiger partial charge in [0.2, 0.25) is 5.88 Å².